The predicted molar refractivity (Wildman–Crippen MR) is 117 cm³/mol. The van der Waals surface area contributed by atoms with Crippen LogP contribution in [0, 0.1) is 16.7 Å². The zero-order chi connectivity index (χ0) is 22.3. The molecule has 2 aromatic heterocycles. The van der Waals surface area contributed by atoms with Crippen molar-refractivity contribution in [3.63, 3.8) is 0 Å². The van der Waals surface area contributed by atoms with Gasteiger partial charge >= 0.3 is 0 Å². The summed E-state index contributed by atoms with van der Waals surface area (Å²) in [6.45, 7) is 3.99. The molecule has 0 saturated heterocycles. The third kappa shape index (κ3) is 3.71. The van der Waals surface area contributed by atoms with Crippen molar-refractivity contribution < 1.29 is 9.59 Å². The van der Waals surface area contributed by atoms with Gasteiger partial charge in [-0.25, -0.2) is 9.99 Å². The maximum absolute atomic E-state index is 13.3. The molecule has 2 aromatic rings. The molecular weight excluding hydrogens is 434 g/mol. The van der Waals surface area contributed by atoms with Crippen LogP contribution in [0.1, 0.15) is 47.8 Å². The van der Waals surface area contributed by atoms with Crippen LogP contribution < -0.4 is 11.2 Å². The van der Waals surface area contributed by atoms with E-state index in [1.54, 1.807) is 12.1 Å². The van der Waals surface area contributed by atoms with Gasteiger partial charge in [0, 0.05) is 23.1 Å². The molecular formula is C22H20ClN5O2S. The zero-order valence-corrected chi connectivity index (χ0v) is 18.5. The highest BCUT2D eigenvalue weighted by atomic mass is 35.5. The van der Waals surface area contributed by atoms with Crippen molar-refractivity contribution in [2.24, 2.45) is 11.1 Å². The summed E-state index contributed by atoms with van der Waals surface area (Å²) >= 11 is 7.54. The number of halogens is 1. The number of nitriles is 1. The maximum atomic E-state index is 13.3. The lowest BCUT2D eigenvalue weighted by molar-refractivity contribution is -0.118. The second kappa shape index (κ2) is 7.84. The average molecular weight is 454 g/mol. The first kappa shape index (κ1) is 21.1. The van der Waals surface area contributed by atoms with E-state index >= 15 is 0 Å². The van der Waals surface area contributed by atoms with Crippen molar-refractivity contribution in [3.8, 4) is 6.07 Å². The number of carbonyl (C=O) groups excluding carboxylic acids is 2. The van der Waals surface area contributed by atoms with Gasteiger partial charge in [-0.15, -0.1) is 11.3 Å². The van der Waals surface area contributed by atoms with Crippen LogP contribution in [0.15, 0.2) is 58.5 Å². The van der Waals surface area contributed by atoms with E-state index in [1.807, 2.05) is 31.4 Å². The van der Waals surface area contributed by atoms with Crippen molar-refractivity contribution in [1.29, 1.82) is 5.26 Å². The van der Waals surface area contributed by atoms with Crippen molar-refractivity contribution >= 4 is 34.6 Å². The number of nitrogens with two attached hydrogens (primary N) is 1. The molecule has 3 heterocycles. The highest BCUT2D eigenvalue weighted by Gasteiger charge is 2.45. The normalized spacial score (nSPS) is 20.4. The Bertz CT molecular complexity index is 1180. The Balaban J connectivity index is 1.85. The van der Waals surface area contributed by atoms with Crippen LogP contribution in [0.3, 0.4) is 0 Å². The van der Waals surface area contributed by atoms with Crippen LogP contribution in [0.2, 0.25) is 5.15 Å². The molecule has 7 nitrogen and oxygen atoms in total. The molecule has 1 amide bonds. The predicted octanol–water partition coefficient (Wildman–Crippen LogP) is 3.88. The highest BCUT2D eigenvalue weighted by molar-refractivity contribution is 7.10. The fourth-order valence-electron chi connectivity index (χ4n) is 4.09. The van der Waals surface area contributed by atoms with Crippen LogP contribution >= 0.6 is 22.9 Å². The number of pyridine rings is 1. The third-order valence-electron chi connectivity index (χ3n) is 5.43. The van der Waals surface area contributed by atoms with E-state index in [1.165, 1.54) is 22.5 Å². The zero-order valence-electron chi connectivity index (χ0n) is 17.0. The van der Waals surface area contributed by atoms with E-state index in [0.717, 1.165) is 4.88 Å². The second-order valence-electron chi connectivity index (χ2n) is 8.28. The van der Waals surface area contributed by atoms with E-state index in [4.69, 9.17) is 17.3 Å². The largest absolute Gasteiger partial charge is 0.383 e. The first-order valence-corrected chi connectivity index (χ1v) is 10.9. The molecule has 1 unspecified atom stereocenters. The Hall–Kier alpha value is -3.15. The van der Waals surface area contributed by atoms with E-state index in [9.17, 15) is 14.9 Å². The SMILES string of the molecule is CC1(C)CC(=O)C2=C(C1)N(NC(=O)c1cccnc1Cl)C(N)=C(C#N)C2c1cccs1. The van der Waals surface area contributed by atoms with Gasteiger partial charge < -0.3 is 5.73 Å². The fraction of sp³-hybridized carbons (Fsp3) is 0.273. The topological polar surface area (TPSA) is 112 Å². The monoisotopic (exact) mass is 453 g/mol. The number of thiophene rings is 1. The van der Waals surface area contributed by atoms with E-state index in [-0.39, 0.29) is 33.3 Å². The standard InChI is InChI=1S/C22H20ClN5O2S/c1-22(2)9-14-18(15(29)10-22)17(16-6-4-8-31-16)13(11-24)20(25)28(14)27-21(30)12-5-3-7-26-19(12)23/h3-8,17H,9-10,25H2,1-2H3,(H,27,30). The molecule has 2 aliphatic rings. The van der Waals surface area contributed by atoms with Gasteiger partial charge in [-0.1, -0.05) is 31.5 Å². The molecule has 0 saturated carbocycles. The van der Waals surface area contributed by atoms with Gasteiger partial charge in [-0.2, -0.15) is 5.26 Å². The van der Waals surface area contributed by atoms with Crippen LogP contribution in [0.5, 0.6) is 0 Å². The number of amides is 1. The Kier molecular flexibility index (Phi) is 5.33. The molecule has 31 heavy (non-hydrogen) atoms. The number of carbonyl (C=O) groups is 2. The van der Waals surface area contributed by atoms with Crippen molar-refractivity contribution in [2.75, 3.05) is 0 Å². The Morgan fingerprint density at radius 2 is 2.16 bits per heavy atom. The van der Waals surface area contributed by atoms with Gasteiger partial charge in [0.15, 0.2) is 5.78 Å². The molecule has 0 bridgehead atoms. The minimum absolute atomic E-state index is 0.0470. The van der Waals surface area contributed by atoms with E-state index < -0.39 is 11.8 Å². The summed E-state index contributed by atoms with van der Waals surface area (Å²) in [5.74, 6) is -1.03. The second-order valence-corrected chi connectivity index (χ2v) is 9.62. The number of rotatable bonds is 3. The summed E-state index contributed by atoms with van der Waals surface area (Å²) in [5.41, 5.74) is 10.3. The number of Topliss-reactive ketones (excluding diaryl/α,β-unsaturated/α-hetero) is 1. The number of hydrogen-bond donors (Lipinski definition) is 2. The number of hydrazine groups is 1. The number of nitrogens with one attached hydrogen (secondary N) is 1. The molecule has 1 atom stereocenters. The maximum Gasteiger partial charge on any atom is 0.273 e. The highest BCUT2D eigenvalue weighted by Crippen LogP contribution is 2.49. The minimum atomic E-state index is -0.543. The lowest BCUT2D eigenvalue weighted by Gasteiger charge is -2.43. The molecule has 1 aliphatic carbocycles. The molecule has 0 radical (unpaired) electrons. The van der Waals surface area contributed by atoms with E-state index in [0.29, 0.717) is 24.1 Å². The number of aromatic nitrogens is 1. The summed E-state index contributed by atoms with van der Waals surface area (Å²) in [6.07, 6.45) is 2.34. The van der Waals surface area contributed by atoms with Crippen LogP contribution in [-0.2, 0) is 4.79 Å². The third-order valence-corrected chi connectivity index (χ3v) is 6.66. The summed E-state index contributed by atoms with van der Waals surface area (Å²) < 4.78 is 0. The summed E-state index contributed by atoms with van der Waals surface area (Å²) in [4.78, 5) is 31.0. The van der Waals surface area contributed by atoms with Gasteiger partial charge in [0.05, 0.1) is 28.8 Å². The fourth-order valence-corrected chi connectivity index (χ4v) is 5.14. The number of hydrogen-bond acceptors (Lipinski definition) is 7. The Morgan fingerprint density at radius 1 is 1.39 bits per heavy atom. The lowest BCUT2D eigenvalue weighted by Crippen LogP contribution is -2.49. The van der Waals surface area contributed by atoms with E-state index in [2.05, 4.69) is 16.5 Å². The first-order chi connectivity index (χ1) is 14.7. The molecule has 4 rings (SSSR count). The minimum Gasteiger partial charge on any atom is -0.383 e. The molecule has 0 aromatic carbocycles. The summed E-state index contributed by atoms with van der Waals surface area (Å²) in [7, 11) is 0. The summed E-state index contributed by atoms with van der Waals surface area (Å²) in [6, 6.07) is 9.07. The number of nitrogens with zero attached hydrogens (tertiary/aromatic N) is 3. The number of allylic oxidation sites excluding steroid dienone is 3. The molecule has 0 fully saturated rings. The lowest BCUT2D eigenvalue weighted by atomic mass is 9.70. The van der Waals surface area contributed by atoms with Gasteiger partial charge in [0.1, 0.15) is 11.0 Å². The van der Waals surface area contributed by atoms with Gasteiger partial charge in [-0.3, -0.25) is 15.0 Å². The Labute approximate surface area is 188 Å². The number of ketones is 1. The van der Waals surface area contributed by atoms with Crippen molar-refractivity contribution in [1.82, 2.24) is 15.4 Å². The van der Waals surface area contributed by atoms with Gasteiger partial charge in [0.2, 0.25) is 0 Å². The average Bonchev–Trinajstić information content (AvgIpc) is 3.23. The molecule has 1 aliphatic heterocycles. The molecule has 0 spiro atoms. The van der Waals surface area contributed by atoms with Crippen LogP contribution in [0.4, 0.5) is 0 Å². The Morgan fingerprint density at radius 3 is 2.81 bits per heavy atom. The van der Waals surface area contributed by atoms with Crippen molar-refractivity contribution in [2.45, 2.75) is 32.6 Å². The molecule has 158 valence electrons. The first-order valence-electron chi connectivity index (χ1n) is 9.64. The van der Waals surface area contributed by atoms with Crippen molar-refractivity contribution in [3.05, 3.63) is 74.1 Å². The quantitative estimate of drug-likeness (QED) is 0.682. The molecule has 9 heteroatoms. The smallest absolute Gasteiger partial charge is 0.273 e. The van der Waals surface area contributed by atoms with Crippen LogP contribution in [-0.4, -0.2) is 21.7 Å². The summed E-state index contributed by atoms with van der Waals surface area (Å²) in [5, 5.41) is 13.3. The van der Waals surface area contributed by atoms with Gasteiger partial charge in [-0.05, 0) is 35.4 Å². The van der Waals surface area contributed by atoms with Crippen LogP contribution in [0.25, 0.3) is 0 Å². The van der Waals surface area contributed by atoms with Gasteiger partial charge in [0.25, 0.3) is 5.91 Å². The molecule has 3 N–H and O–H groups in total.